The van der Waals surface area contributed by atoms with Crippen molar-refractivity contribution in [3.05, 3.63) is 72.6 Å². The summed E-state index contributed by atoms with van der Waals surface area (Å²) in [6.45, 7) is 0. The topological polar surface area (TPSA) is 25.8 Å². The van der Waals surface area contributed by atoms with Gasteiger partial charge in [-0.3, -0.25) is 9.97 Å². The molecule has 2 heterocycles. The molecule has 0 aliphatic rings. The number of rotatable bonds is 2. The Kier molecular flexibility index (Phi) is 3.26. The van der Waals surface area contributed by atoms with Crippen LogP contribution in [0.3, 0.4) is 0 Å². The molecule has 0 unspecified atom stereocenters. The van der Waals surface area contributed by atoms with E-state index in [1.54, 1.807) is 6.20 Å². The fourth-order valence-electron chi connectivity index (χ4n) is 1.99. The third kappa shape index (κ3) is 2.43. The smallest absolute Gasteiger partial charge is 0.0886 e. The van der Waals surface area contributed by atoms with E-state index in [0.29, 0.717) is 0 Å². The molecular weight excluding hydrogens is 244 g/mol. The van der Waals surface area contributed by atoms with Gasteiger partial charge in [0.2, 0.25) is 0 Å². The number of hydrogen-bond acceptors (Lipinski definition) is 2. The van der Waals surface area contributed by atoms with Crippen LogP contribution in [0.5, 0.6) is 0 Å². The minimum absolute atomic E-state index is 0.870. The predicted octanol–water partition coefficient (Wildman–Crippen LogP) is 3.79. The highest BCUT2D eigenvalue weighted by atomic mass is 14.8. The average Bonchev–Trinajstić information content (AvgIpc) is 2.56. The fraction of sp³-hybridized carbons (Fsp3) is 0. The Morgan fingerprint density at radius 1 is 0.750 bits per heavy atom. The largest absolute Gasteiger partial charge is 0.255 e. The normalized spacial score (nSPS) is 9.95. The first-order chi connectivity index (χ1) is 9.86. The molecule has 0 N–H and O–H groups in total. The number of aromatic nitrogens is 2. The van der Waals surface area contributed by atoms with Gasteiger partial charge in [-0.15, -0.1) is 6.42 Å². The van der Waals surface area contributed by atoms with Crippen molar-refractivity contribution in [2.75, 3.05) is 0 Å². The summed E-state index contributed by atoms with van der Waals surface area (Å²) in [5.74, 6) is 2.61. The van der Waals surface area contributed by atoms with Gasteiger partial charge in [-0.2, -0.15) is 0 Å². The van der Waals surface area contributed by atoms with Crippen LogP contribution in [0.2, 0.25) is 0 Å². The molecule has 2 nitrogen and oxygen atoms in total. The van der Waals surface area contributed by atoms with Crippen LogP contribution in [0.15, 0.2) is 67.0 Å². The summed E-state index contributed by atoms with van der Waals surface area (Å²) in [6.07, 6.45) is 8.98. The van der Waals surface area contributed by atoms with Crippen LogP contribution < -0.4 is 0 Å². The second kappa shape index (κ2) is 5.38. The highest BCUT2D eigenvalue weighted by Crippen LogP contribution is 2.21. The second-order valence-corrected chi connectivity index (χ2v) is 4.37. The van der Waals surface area contributed by atoms with E-state index >= 15 is 0 Å². The average molecular weight is 256 g/mol. The number of pyridine rings is 2. The molecule has 0 aliphatic carbocycles. The lowest BCUT2D eigenvalue weighted by atomic mass is 10.1. The lowest BCUT2D eigenvalue weighted by Crippen LogP contribution is -1.87. The van der Waals surface area contributed by atoms with Crippen molar-refractivity contribution in [2.45, 2.75) is 0 Å². The van der Waals surface area contributed by atoms with Gasteiger partial charge in [-0.25, -0.2) is 0 Å². The van der Waals surface area contributed by atoms with Gasteiger partial charge >= 0.3 is 0 Å². The minimum Gasteiger partial charge on any atom is -0.255 e. The zero-order valence-electron chi connectivity index (χ0n) is 10.8. The number of terminal acetylenes is 1. The molecule has 0 bridgehead atoms. The summed E-state index contributed by atoms with van der Waals surface area (Å²) < 4.78 is 0. The number of nitrogens with zero attached hydrogens (tertiary/aromatic N) is 2. The van der Waals surface area contributed by atoms with E-state index in [2.05, 4.69) is 15.9 Å². The Balaban J connectivity index is 1.91. The molecule has 0 spiro atoms. The summed E-state index contributed by atoms with van der Waals surface area (Å²) in [5.41, 5.74) is 4.79. The predicted molar refractivity (Wildman–Crippen MR) is 80.8 cm³/mol. The second-order valence-electron chi connectivity index (χ2n) is 4.37. The maximum Gasteiger partial charge on any atom is 0.0886 e. The van der Waals surface area contributed by atoms with E-state index in [1.165, 1.54) is 0 Å². The van der Waals surface area contributed by atoms with Crippen LogP contribution in [-0.4, -0.2) is 9.97 Å². The molecule has 0 atom stereocenters. The van der Waals surface area contributed by atoms with Gasteiger partial charge < -0.3 is 0 Å². The van der Waals surface area contributed by atoms with Crippen molar-refractivity contribution in [1.82, 2.24) is 9.97 Å². The standard InChI is InChI=1S/C18H12N2/c1-2-14-6-8-15(9-7-14)16-10-11-18(20-13-16)17-5-3-4-12-19-17/h1,3-13H. The van der Waals surface area contributed by atoms with E-state index < -0.39 is 0 Å². The summed E-state index contributed by atoms with van der Waals surface area (Å²) >= 11 is 0. The molecule has 3 rings (SSSR count). The first kappa shape index (κ1) is 12.1. The van der Waals surface area contributed by atoms with Gasteiger partial charge in [0.15, 0.2) is 0 Å². The SMILES string of the molecule is C#Cc1ccc(-c2ccc(-c3ccccn3)nc2)cc1. The van der Waals surface area contributed by atoms with Gasteiger partial charge in [0.05, 0.1) is 11.4 Å². The van der Waals surface area contributed by atoms with Crippen LogP contribution in [0.1, 0.15) is 5.56 Å². The van der Waals surface area contributed by atoms with E-state index in [4.69, 9.17) is 6.42 Å². The quantitative estimate of drug-likeness (QED) is 0.652. The Hall–Kier alpha value is -2.92. The molecule has 0 radical (unpaired) electrons. The third-order valence-corrected chi connectivity index (χ3v) is 3.08. The fourth-order valence-corrected chi connectivity index (χ4v) is 1.99. The van der Waals surface area contributed by atoms with Crippen LogP contribution in [0.4, 0.5) is 0 Å². The number of hydrogen-bond donors (Lipinski definition) is 0. The summed E-state index contributed by atoms with van der Waals surface area (Å²) in [5, 5.41) is 0. The zero-order valence-corrected chi connectivity index (χ0v) is 10.8. The lowest BCUT2D eigenvalue weighted by molar-refractivity contribution is 1.25. The molecule has 94 valence electrons. The van der Waals surface area contributed by atoms with Crippen molar-refractivity contribution in [1.29, 1.82) is 0 Å². The molecule has 0 aliphatic heterocycles. The van der Waals surface area contributed by atoms with Gasteiger partial charge in [-0.05, 0) is 35.9 Å². The van der Waals surface area contributed by atoms with Gasteiger partial charge in [0, 0.05) is 23.5 Å². The lowest BCUT2D eigenvalue weighted by Gasteiger charge is -2.03. The summed E-state index contributed by atoms with van der Waals surface area (Å²) in [4.78, 5) is 8.75. The van der Waals surface area contributed by atoms with Gasteiger partial charge in [-0.1, -0.05) is 30.2 Å². The third-order valence-electron chi connectivity index (χ3n) is 3.08. The van der Waals surface area contributed by atoms with E-state index in [9.17, 15) is 0 Å². The van der Waals surface area contributed by atoms with Crippen molar-refractivity contribution in [3.63, 3.8) is 0 Å². The molecule has 0 saturated carbocycles. The molecule has 0 amide bonds. The van der Waals surface area contributed by atoms with Gasteiger partial charge in [0.25, 0.3) is 0 Å². The molecule has 0 fully saturated rings. The molecular formula is C18H12N2. The monoisotopic (exact) mass is 256 g/mol. The maximum atomic E-state index is 5.35. The Bertz CT molecular complexity index is 736. The van der Waals surface area contributed by atoms with Crippen molar-refractivity contribution >= 4 is 0 Å². The molecule has 2 heteroatoms. The maximum absolute atomic E-state index is 5.35. The van der Waals surface area contributed by atoms with Crippen LogP contribution >= 0.6 is 0 Å². The van der Waals surface area contributed by atoms with Gasteiger partial charge in [0.1, 0.15) is 0 Å². The molecule has 20 heavy (non-hydrogen) atoms. The Morgan fingerprint density at radius 2 is 1.50 bits per heavy atom. The van der Waals surface area contributed by atoms with Crippen LogP contribution in [0, 0.1) is 12.3 Å². The molecule has 0 saturated heterocycles. The van der Waals surface area contributed by atoms with E-state index in [0.717, 1.165) is 28.1 Å². The molecule has 1 aromatic carbocycles. The van der Waals surface area contributed by atoms with Crippen molar-refractivity contribution < 1.29 is 0 Å². The summed E-state index contributed by atoms with van der Waals surface area (Å²) in [6, 6.07) is 17.7. The van der Waals surface area contributed by atoms with Crippen LogP contribution in [-0.2, 0) is 0 Å². The minimum atomic E-state index is 0.870. The molecule has 2 aromatic heterocycles. The highest BCUT2D eigenvalue weighted by Gasteiger charge is 2.02. The Labute approximate surface area is 118 Å². The number of benzene rings is 1. The Morgan fingerprint density at radius 3 is 2.10 bits per heavy atom. The molecule has 3 aromatic rings. The van der Waals surface area contributed by atoms with Crippen molar-refractivity contribution in [2.24, 2.45) is 0 Å². The summed E-state index contributed by atoms with van der Waals surface area (Å²) in [7, 11) is 0. The first-order valence-corrected chi connectivity index (χ1v) is 6.31. The van der Waals surface area contributed by atoms with Crippen LogP contribution in [0.25, 0.3) is 22.5 Å². The highest BCUT2D eigenvalue weighted by molar-refractivity contribution is 5.66. The first-order valence-electron chi connectivity index (χ1n) is 6.31. The van der Waals surface area contributed by atoms with E-state index in [1.807, 2.05) is 60.8 Å². The van der Waals surface area contributed by atoms with E-state index in [-0.39, 0.29) is 0 Å². The zero-order chi connectivity index (χ0) is 13.8. The van der Waals surface area contributed by atoms with Crippen molar-refractivity contribution in [3.8, 4) is 34.9 Å².